The minimum absolute atomic E-state index is 0.0284. The molecule has 7 heteroatoms. The van der Waals surface area contributed by atoms with Gasteiger partial charge in [0, 0.05) is 58.1 Å². The fourth-order valence-corrected chi connectivity index (χ4v) is 4.61. The van der Waals surface area contributed by atoms with Crippen LogP contribution < -0.4 is 10.2 Å². The monoisotopic (exact) mass is 396 g/mol. The minimum atomic E-state index is -0.277. The zero-order valence-corrected chi connectivity index (χ0v) is 16.6. The van der Waals surface area contributed by atoms with Crippen LogP contribution >= 0.6 is 0 Å². The Hall–Kier alpha value is -2.96. The molecule has 2 fully saturated rings. The summed E-state index contributed by atoms with van der Waals surface area (Å²) in [5, 5.41) is 2.77. The Morgan fingerprint density at radius 3 is 2.66 bits per heavy atom. The van der Waals surface area contributed by atoms with Gasteiger partial charge in [0.1, 0.15) is 11.6 Å². The fraction of sp³-hybridized carbons (Fsp3) is 0.409. The normalized spacial score (nSPS) is 23.2. The lowest BCUT2D eigenvalue weighted by molar-refractivity contribution is -0.130. The van der Waals surface area contributed by atoms with Gasteiger partial charge in [-0.1, -0.05) is 18.2 Å². The molecule has 2 saturated heterocycles. The standard InChI is InChI=1S/C22H25FN4O2/c1-14(28)24-9-16-6-7-21(25-10-16)26-11-18-12-27(15(2)29)22(20(18)13-26)17-4-3-5-19(23)8-17/h3-8,10,18,20,22H,9,11-13H2,1-2H3,(H,24,28)/t18-,20-,22+/m1/s1. The van der Waals surface area contributed by atoms with Crippen LogP contribution in [0.15, 0.2) is 42.6 Å². The van der Waals surface area contributed by atoms with Crippen molar-refractivity contribution in [3.63, 3.8) is 0 Å². The molecule has 2 aromatic rings. The highest BCUT2D eigenvalue weighted by molar-refractivity contribution is 5.74. The van der Waals surface area contributed by atoms with Gasteiger partial charge in [0.05, 0.1) is 6.04 Å². The molecule has 4 rings (SSSR count). The van der Waals surface area contributed by atoms with Crippen LogP contribution in [-0.4, -0.2) is 41.3 Å². The number of benzene rings is 1. The van der Waals surface area contributed by atoms with Gasteiger partial charge in [-0.25, -0.2) is 9.37 Å². The molecule has 1 aromatic heterocycles. The molecule has 6 nitrogen and oxygen atoms in total. The molecule has 0 unspecified atom stereocenters. The predicted octanol–water partition coefficient (Wildman–Crippen LogP) is 2.51. The Morgan fingerprint density at radius 2 is 2.00 bits per heavy atom. The topological polar surface area (TPSA) is 65.5 Å². The van der Waals surface area contributed by atoms with E-state index in [-0.39, 0.29) is 29.6 Å². The van der Waals surface area contributed by atoms with E-state index >= 15 is 0 Å². The van der Waals surface area contributed by atoms with E-state index in [4.69, 9.17) is 0 Å². The second-order valence-electron chi connectivity index (χ2n) is 7.93. The number of anilines is 1. The molecular weight excluding hydrogens is 371 g/mol. The van der Waals surface area contributed by atoms with Crippen molar-refractivity contribution >= 4 is 17.6 Å². The molecule has 152 valence electrons. The van der Waals surface area contributed by atoms with E-state index in [0.717, 1.165) is 30.0 Å². The summed E-state index contributed by atoms with van der Waals surface area (Å²) in [7, 11) is 0. The van der Waals surface area contributed by atoms with Crippen molar-refractivity contribution in [3.05, 3.63) is 59.5 Å². The van der Waals surface area contributed by atoms with E-state index in [1.54, 1.807) is 25.3 Å². The van der Waals surface area contributed by atoms with Crippen molar-refractivity contribution < 1.29 is 14.0 Å². The average Bonchev–Trinajstić information content (AvgIpc) is 3.24. The van der Waals surface area contributed by atoms with Gasteiger partial charge >= 0.3 is 0 Å². The van der Waals surface area contributed by atoms with Crippen molar-refractivity contribution in [1.82, 2.24) is 15.2 Å². The number of nitrogens with one attached hydrogen (secondary N) is 1. The maximum absolute atomic E-state index is 13.8. The third-order valence-electron chi connectivity index (χ3n) is 5.93. The van der Waals surface area contributed by atoms with Crippen molar-refractivity contribution in [3.8, 4) is 0 Å². The molecule has 29 heavy (non-hydrogen) atoms. The first-order valence-electron chi connectivity index (χ1n) is 9.89. The number of fused-ring (bicyclic) bond motifs is 1. The van der Waals surface area contributed by atoms with Crippen LogP contribution in [0.25, 0.3) is 0 Å². The van der Waals surface area contributed by atoms with E-state index in [2.05, 4.69) is 15.2 Å². The third kappa shape index (κ3) is 3.95. The van der Waals surface area contributed by atoms with E-state index in [1.165, 1.54) is 13.0 Å². The summed E-state index contributed by atoms with van der Waals surface area (Å²) in [6.45, 7) is 5.80. The first-order chi connectivity index (χ1) is 13.9. The second kappa shape index (κ2) is 7.81. The second-order valence-corrected chi connectivity index (χ2v) is 7.93. The molecule has 2 amide bonds. The van der Waals surface area contributed by atoms with Gasteiger partial charge in [-0.3, -0.25) is 9.59 Å². The molecule has 0 radical (unpaired) electrons. The first-order valence-corrected chi connectivity index (χ1v) is 9.89. The predicted molar refractivity (Wildman–Crippen MR) is 107 cm³/mol. The number of carbonyl (C=O) groups excluding carboxylic acids is 2. The number of carbonyl (C=O) groups is 2. The quantitative estimate of drug-likeness (QED) is 0.863. The Labute approximate surface area is 169 Å². The maximum Gasteiger partial charge on any atom is 0.219 e. The molecule has 2 aliphatic heterocycles. The van der Waals surface area contributed by atoms with Gasteiger partial charge in [0.25, 0.3) is 0 Å². The van der Waals surface area contributed by atoms with Crippen LogP contribution in [0.5, 0.6) is 0 Å². The Morgan fingerprint density at radius 1 is 1.17 bits per heavy atom. The highest BCUT2D eigenvalue weighted by atomic mass is 19.1. The summed E-state index contributed by atoms with van der Waals surface area (Å²) < 4.78 is 13.8. The van der Waals surface area contributed by atoms with Gasteiger partial charge in [-0.05, 0) is 29.3 Å². The van der Waals surface area contributed by atoms with Crippen LogP contribution in [0.3, 0.4) is 0 Å². The van der Waals surface area contributed by atoms with E-state index in [9.17, 15) is 14.0 Å². The SMILES string of the molecule is CC(=O)NCc1ccc(N2C[C@@H]3CN(C(C)=O)[C@@H](c4cccc(F)c4)[C@@H]3C2)nc1. The number of rotatable bonds is 4. The lowest BCUT2D eigenvalue weighted by Gasteiger charge is -2.29. The first kappa shape index (κ1) is 19.4. The number of halogens is 1. The Balaban J connectivity index is 1.52. The summed E-state index contributed by atoms with van der Waals surface area (Å²) in [6, 6.07) is 10.4. The molecule has 0 aliphatic carbocycles. The smallest absolute Gasteiger partial charge is 0.219 e. The zero-order chi connectivity index (χ0) is 20.5. The van der Waals surface area contributed by atoms with Crippen molar-refractivity contribution in [2.24, 2.45) is 11.8 Å². The van der Waals surface area contributed by atoms with E-state index in [1.807, 2.05) is 23.1 Å². The number of amides is 2. The number of hydrogen-bond donors (Lipinski definition) is 1. The van der Waals surface area contributed by atoms with Gasteiger partial charge in [-0.2, -0.15) is 0 Å². The Kier molecular flexibility index (Phi) is 5.22. The molecule has 3 heterocycles. The molecule has 1 aromatic carbocycles. The van der Waals surface area contributed by atoms with Gasteiger partial charge in [0.2, 0.25) is 11.8 Å². The number of aromatic nitrogens is 1. The average molecular weight is 396 g/mol. The lowest BCUT2D eigenvalue weighted by Crippen LogP contribution is -2.34. The Bertz CT molecular complexity index is 917. The molecule has 0 spiro atoms. The minimum Gasteiger partial charge on any atom is -0.356 e. The van der Waals surface area contributed by atoms with Crippen LogP contribution in [0, 0.1) is 17.7 Å². The highest BCUT2D eigenvalue weighted by Crippen LogP contribution is 2.45. The number of nitrogens with zero attached hydrogens (tertiary/aromatic N) is 3. The number of likely N-dealkylation sites (tertiary alicyclic amines) is 1. The summed E-state index contributed by atoms with van der Waals surface area (Å²) in [5.41, 5.74) is 1.80. The lowest BCUT2D eigenvalue weighted by atomic mass is 9.89. The molecule has 0 saturated carbocycles. The van der Waals surface area contributed by atoms with Crippen LogP contribution in [0.2, 0.25) is 0 Å². The fourth-order valence-electron chi connectivity index (χ4n) is 4.61. The molecule has 1 N–H and O–H groups in total. The van der Waals surface area contributed by atoms with Crippen molar-refractivity contribution in [2.45, 2.75) is 26.4 Å². The summed E-state index contributed by atoms with van der Waals surface area (Å²) in [4.78, 5) is 32.0. The summed E-state index contributed by atoms with van der Waals surface area (Å²) >= 11 is 0. The van der Waals surface area contributed by atoms with Gasteiger partial charge < -0.3 is 15.1 Å². The number of hydrogen-bond acceptors (Lipinski definition) is 4. The van der Waals surface area contributed by atoms with Gasteiger partial charge in [-0.15, -0.1) is 0 Å². The van der Waals surface area contributed by atoms with E-state index in [0.29, 0.717) is 19.0 Å². The molecule has 2 aliphatic rings. The van der Waals surface area contributed by atoms with Crippen molar-refractivity contribution in [1.29, 1.82) is 0 Å². The van der Waals surface area contributed by atoms with Crippen LogP contribution in [-0.2, 0) is 16.1 Å². The molecular formula is C22H25FN4O2. The largest absolute Gasteiger partial charge is 0.356 e. The zero-order valence-electron chi connectivity index (χ0n) is 16.6. The molecule has 0 bridgehead atoms. The van der Waals surface area contributed by atoms with Crippen molar-refractivity contribution in [2.75, 3.05) is 24.5 Å². The van der Waals surface area contributed by atoms with Crippen LogP contribution in [0.1, 0.15) is 31.0 Å². The van der Waals surface area contributed by atoms with E-state index < -0.39 is 0 Å². The van der Waals surface area contributed by atoms with Gasteiger partial charge in [0.15, 0.2) is 0 Å². The maximum atomic E-state index is 13.8. The summed E-state index contributed by atoms with van der Waals surface area (Å²) in [6.07, 6.45) is 1.78. The number of pyridine rings is 1. The highest BCUT2D eigenvalue weighted by Gasteiger charge is 2.48. The third-order valence-corrected chi connectivity index (χ3v) is 5.93. The van der Waals surface area contributed by atoms with Crippen LogP contribution in [0.4, 0.5) is 10.2 Å². The molecule has 3 atom stereocenters. The summed E-state index contributed by atoms with van der Waals surface area (Å²) in [5.74, 6) is 1.13.